The summed E-state index contributed by atoms with van der Waals surface area (Å²) in [5.41, 5.74) is 0.917. The molecule has 0 saturated carbocycles. The number of hydrogen-bond acceptors (Lipinski definition) is 3. The van der Waals surface area contributed by atoms with Crippen LogP contribution in [0.3, 0.4) is 0 Å². The zero-order chi connectivity index (χ0) is 17.6. The van der Waals surface area contributed by atoms with Crippen LogP contribution in [0.25, 0.3) is 0 Å². The van der Waals surface area contributed by atoms with E-state index in [1.807, 2.05) is 4.90 Å². The summed E-state index contributed by atoms with van der Waals surface area (Å²) in [6, 6.07) is 6.78. The molecule has 0 aliphatic carbocycles. The third kappa shape index (κ3) is 4.49. The predicted octanol–water partition coefficient (Wildman–Crippen LogP) is 3.58. The van der Waals surface area contributed by atoms with Gasteiger partial charge in [0.2, 0.25) is 0 Å². The molecule has 1 aromatic rings. The number of benzene rings is 1. The zero-order valence-electron chi connectivity index (χ0n) is 14.6. The number of likely N-dealkylation sites (tertiary alicyclic amines) is 1. The van der Waals surface area contributed by atoms with Gasteiger partial charge in [-0.1, -0.05) is 32.8 Å². The standard InChI is InChI=1S/C19H27NO4/c1-3-19(4-2)9-6-11-20(12-10-19)18(23)15-7-5-8-16(13-15)24-14-17(21)22/h5,7-8,13H,3-4,6,9-12,14H2,1-2H3,(H,21,22). The number of hydrogen-bond donors (Lipinski definition) is 1. The summed E-state index contributed by atoms with van der Waals surface area (Å²) < 4.78 is 5.17. The third-order valence-corrected chi connectivity index (χ3v) is 5.28. The summed E-state index contributed by atoms with van der Waals surface area (Å²) >= 11 is 0. The van der Waals surface area contributed by atoms with Gasteiger partial charge < -0.3 is 14.7 Å². The van der Waals surface area contributed by atoms with Crippen molar-refractivity contribution >= 4 is 11.9 Å². The van der Waals surface area contributed by atoms with E-state index in [1.165, 1.54) is 6.42 Å². The number of carboxylic acids is 1. The lowest BCUT2D eigenvalue weighted by Crippen LogP contribution is -2.32. The first-order chi connectivity index (χ1) is 11.5. The Labute approximate surface area is 143 Å². The molecule has 5 heteroatoms. The van der Waals surface area contributed by atoms with Gasteiger partial charge in [0.1, 0.15) is 5.75 Å². The van der Waals surface area contributed by atoms with Crippen LogP contribution in [0.5, 0.6) is 5.75 Å². The molecule has 0 spiro atoms. The van der Waals surface area contributed by atoms with Crippen LogP contribution in [0, 0.1) is 5.41 Å². The van der Waals surface area contributed by atoms with Crippen molar-refractivity contribution in [1.29, 1.82) is 0 Å². The lowest BCUT2D eigenvalue weighted by atomic mass is 9.76. The van der Waals surface area contributed by atoms with E-state index in [-0.39, 0.29) is 5.91 Å². The molecule has 0 aromatic heterocycles. The minimum Gasteiger partial charge on any atom is -0.482 e. The Hall–Kier alpha value is -2.04. The number of nitrogens with zero attached hydrogens (tertiary/aromatic N) is 1. The van der Waals surface area contributed by atoms with Crippen molar-refractivity contribution in [3.63, 3.8) is 0 Å². The number of rotatable bonds is 6. The van der Waals surface area contributed by atoms with Crippen molar-refractivity contribution in [2.45, 2.75) is 46.0 Å². The molecule has 1 amide bonds. The minimum atomic E-state index is -1.03. The molecule has 0 bridgehead atoms. The fourth-order valence-corrected chi connectivity index (χ4v) is 3.46. The van der Waals surface area contributed by atoms with Crippen molar-refractivity contribution < 1.29 is 19.4 Å². The monoisotopic (exact) mass is 333 g/mol. The van der Waals surface area contributed by atoms with E-state index < -0.39 is 12.6 Å². The second-order valence-corrected chi connectivity index (χ2v) is 6.56. The Morgan fingerprint density at radius 3 is 2.62 bits per heavy atom. The Kier molecular flexibility index (Phi) is 6.23. The molecule has 1 aliphatic heterocycles. The lowest BCUT2D eigenvalue weighted by Gasteiger charge is -2.30. The maximum absolute atomic E-state index is 12.8. The Bertz CT molecular complexity index is 580. The van der Waals surface area contributed by atoms with Crippen molar-refractivity contribution in [1.82, 2.24) is 4.90 Å². The van der Waals surface area contributed by atoms with E-state index in [0.29, 0.717) is 16.7 Å². The second kappa shape index (κ2) is 8.18. The van der Waals surface area contributed by atoms with Gasteiger partial charge >= 0.3 is 5.97 Å². The van der Waals surface area contributed by atoms with Crippen molar-refractivity contribution in [2.75, 3.05) is 19.7 Å². The zero-order valence-corrected chi connectivity index (χ0v) is 14.6. The highest BCUT2D eigenvalue weighted by atomic mass is 16.5. The maximum atomic E-state index is 12.8. The van der Waals surface area contributed by atoms with Gasteiger partial charge in [0, 0.05) is 18.7 Å². The number of carbonyl (C=O) groups is 2. The smallest absolute Gasteiger partial charge is 0.341 e. The molecule has 24 heavy (non-hydrogen) atoms. The van der Waals surface area contributed by atoms with Crippen LogP contribution in [0.15, 0.2) is 24.3 Å². The van der Waals surface area contributed by atoms with Crippen LogP contribution in [0.4, 0.5) is 0 Å². The van der Waals surface area contributed by atoms with E-state index in [2.05, 4.69) is 13.8 Å². The molecule has 0 radical (unpaired) electrons. The number of carboxylic acid groups (broad SMARTS) is 1. The molecular formula is C19H27NO4. The molecule has 1 aromatic carbocycles. The summed E-state index contributed by atoms with van der Waals surface area (Å²) in [6.45, 7) is 5.63. The molecular weight excluding hydrogens is 306 g/mol. The highest BCUT2D eigenvalue weighted by Crippen LogP contribution is 2.38. The van der Waals surface area contributed by atoms with Crippen LogP contribution < -0.4 is 4.74 Å². The predicted molar refractivity (Wildman–Crippen MR) is 92.3 cm³/mol. The SMILES string of the molecule is CCC1(CC)CCCN(C(=O)c2cccc(OCC(=O)O)c2)CC1. The Balaban J connectivity index is 2.06. The van der Waals surface area contributed by atoms with E-state index in [0.717, 1.165) is 38.8 Å². The number of aliphatic carboxylic acids is 1. The van der Waals surface area contributed by atoms with Gasteiger partial charge in [0.15, 0.2) is 6.61 Å². The van der Waals surface area contributed by atoms with Gasteiger partial charge in [-0.25, -0.2) is 4.79 Å². The summed E-state index contributed by atoms with van der Waals surface area (Å²) in [5.74, 6) is -0.622. The minimum absolute atomic E-state index is 0.00113. The molecule has 0 atom stereocenters. The quantitative estimate of drug-likeness (QED) is 0.864. The van der Waals surface area contributed by atoms with Crippen molar-refractivity contribution in [3.05, 3.63) is 29.8 Å². The third-order valence-electron chi connectivity index (χ3n) is 5.28. The van der Waals surface area contributed by atoms with Crippen LogP contribution in [-0.4, -0.2) is 41.6 Å². The fraction of sp³-hybridized carbons (Fsp3) is 0.579. The first-order valence-corrected chi connectivity index (χ1v) is 8.73. The molecule has 1 fully saturated rings. The lowest BCUT2D eigenvalue weighted by molar-refractivity contribution is -0.139. The summed E-state index contributed by atoms with van der Waals surface area (Å²) in [7, 11) is 0. The van der Waals surface area contributed by atoms with E-state index >= 15 is 0 Å². The first kappa shape index (κ1) is 18.3. The average molecular weight is 333 g/mol. The van der Waals surface area contributed by atoms with Crippen LogP contribution >= 0.6 is 0 Å². The largest absolute Gasteiger partial charge is 0.482 e. The molecule has 5 nitrogen and oxygen atoms in total. The van der Waals surface area contributed by atoms with Gasteiger partial charge in [-0.15, -0.1) is 0 Å². The molecule has 1 heterocycles. The number of ether oxygens (including phenoxy) is 1. The van der Waals surface area contributed by atoms with Crippen LogP contribution in [0.2, 0.25) is 0 Å². The number of carbonyl (C=O) groups excluding carboxylic acids is 1. The second-order valence-electron chi connectivity index (χ2n) is 6.56. The molecule has 0 unspecified atom stereocenters. The highest BCUT2D eigenvalue weighted by molar-refractivity contribution is 5.94. The normalized spacial score (nSPS) is 17.2. The van der Waals surface area contributed by atoms with Gasteiger partial charge in [0.05, 0.1) is 0 Å². The van der Waals surface area contributed by atoms with Gasteiger partial charge in [-0.3, -0.25) is 4.79 Å². The Morgan fingerprint density at radius 1 is 1.21 bits per heavy atom. The van der Waals surface area contributed by atoms with Crippen molar-refractivity contribution in [3.8, 4) is 5.75 Å². The first-order valence-electron chi connectivity index (χ1n) is 8.73. The highest BCUT2D eigenvalue weighted by Gasteiger charge is 2.30. The van der Waals surface area contributed by atoms with Gasteiger partial charge in [0.25, 0.3) is 5.91 Å². The average Bonchev–Trinajstić information content (AvgIpc) is 2.82. The van der Waals surface area contributed by atoms with Gasteiger partial charge in [-0.05, 0) is 42.9 Å². The molecule has 2 rings (SSSR count). The van der Waals surface area contributed by atoms with E-state index in [1.54, 1.807) is 24.3 Å². The maximum Gasteiger partial charge on any atom is 0.341 e. The summed E-state index contributed by atoms with van der Waals surface area (Å²) in [6.07, 6.45) is 5.56. The van der Waals surface area contributed by atoms with Gasteiger partial charge in [-0.2, -0.15) is 0 Å². The summed E-state index contributed by atoms with van der Waals surface area (Å²) in [5, 5.41) is 8.68. The number of amides is 1. The van der Waals surface area contributed by atoms with Crippen molar-refractivity contribution in [2.24, 2.45) is 5.41 Å². The van der Waals surface area contributed by atoms with E-state index in [4.69, 9.17) is 9.84 Å². The van der Waals surface area contributed by atoms with Crippen LogP contribution in [-0.2, 0) is 4.79 Å². The van der Waals surface area contributed by atoms with Crippen LogP contribution in [0.1, 0.15) is 56.3 Å². The topological polar surface area (TPSA) is 66.8 Å². The molecule has 1 N–H and O–H groups in total. The Morgan fingerprint density at radius 2 is 1.96 bits per heavy atom. The summed E-state index contributed by atoms with van der Waals surface area (Å²) in [4.78, 5) is 25.3. The fourth-order valence-electron chi connectivity index (χ4n) is 3.46. The van der Waals surface area contributed by atoms with E-state index in [9.17, 15) is 9.59 Å². The molecule has 1 saturated heterocycles. The molecule has 1 aliphatic rings. The molecule has 132 valence electrons.